The average molecular weight is 531 g/mol. The lowest BCUT2D eigenvalue weighted by atomic mass is 9.71. The third-order valence-electron chi connectivity index (χ3n) is 7.30. The molecule has 0 radical (unpaired) electrons. The van der Waals surface area contributed by atoms with Crippen molar-refractivity contribution < 1.29 is 22.3 Å². The molecule has 1 aliphatic rings. The van der Waals surface area contributed by atoms with E-state index in [0.717, 1.165) is 17.3 Å². The first-order valence-electron chi connectivity index (χ1n) is 12.6. The monoisotopic (exact) mass is 530 g/mol. The van der Waals surface area contributed by atoms with Crippen molar-refractivity contribution in [2.75, 3.05) is 6.16 Å². The number of hydrogen-bond acceptors (Lipinski definition) is 2. The van der Waals surface area contributed by atoms with Crippen molar-refractivity contribution in [2.24, 2.45) is 5.41 Å². The Morgan fingerprint density at radius 2 is 1.32 bits per heavy atom. The zero-order valence-corrected chi connectivity index (χ0v) is 23.7. The van der Waals surface area contributed by atoms with Gasteiger partial charge in [0.25, 0.3) is 0 Å². The van der Waals surface area contributed by atoms with E-state index in [9.17, 15) is 9.90 Å². The molecule has 0 saturated carbocycles. The number of aliphatic hydroxyl groups excluding tert-OH is 1. The average Bonchev–Trinajstić information content (AvgIpc) is 2.89. The lowest BCUT2D eigenvalue weighted by molar-refractivity contribution is -0.125. The van der Waals surface area contributed by atoms with Crippen LogP contribution in [0.3, 0.4) is 0 Å². The molecule has 0 bridgehead atoms. The van der Waals surface area contributed by atoms with Gasteiger partial charge < -0.3 is 17.5 Å². The predicted molar refractivity (Wildman–Crippen MR) is 155 cm³/mol. The van der Waals surface area contributed by atoms with E-state index >= 15 is 0 Å². The fraction of sp³-hybridized carbons (Fsp3) is 0.242. The van der Waals surface area contributed by atoms with E-state index in [0.29, 0.717) is 12.0 Å². The molecule has 1 aliphatic carbocycles. The van der Waals surface area contributed by atoms with Gasteiger partial charge in [-0.05, 0) is 79.3 Å². The van der Waals surface area contributed by atoms with Gasteiger partial charge in [0.05, 0.1) is 6.16 Å². The molecule has 192 valence electrons. The molecule has 0 aromatic heterocycles. The number of carbonyl (C=O) groups excluding carboxylic acids is 1. The van der Waals surface area contributed by atoms with Crippen molar-refractivity contribution in [1.29, 1.82) is 0 Å². The minimum absolute atomic E-state index is 0. The van der Waals surface area contributed by atoms with Gasteiger partial charge in [-0.1, -0.05) is 86.2 Å². The number of ketones is 1. The second-order valence-corrected chi connectivity index (χ2v) is 13.8. The highest BCUT2D eigenvalue weighted by atomic mass is 35.5. The molecule has 37 heavy (non-hydrogen) atoms. The first-order valence-corrected chi connectivity index (χ1v) is 14.6. The van der Waals surface area contributed by atoms with Crippen LogP contribution in [0.4, 0.5) is 0 Å². The summed E-state index contributed by atoms with van der Waals surface area (Å²) < 4.78 is 0. The van der Waals surface area contributed by atoms with Crippen molar-refractivity contribution in [1.82, 2.24) is 0 Å². The van der Waals surface area contributed by atoms with Crippen LogP contribution >= 0.6 is 7.26 Å². The third-order valence-corrected chi connectivity index (χ3v) is 11.6. The quantitative estimate of drug-likeness (QED) is 0.376. The third kappa shape index (κ3) is 6.04. The smallest absolute Gasteiger partial charge is 0.187 e. The number of Topliss-reactive ketones (excluding diaryl/α,β-unsaturated/α-hetero) is 1. The number of aliphatic hydroxyl groups is 1. The molecule has 0 amide bonds. The Kier molecular flexibility index (Phi) is 9.48. The topological polar surface area (TPSA) is 37.3 Å². The minimum atomic E-state index is -1.93. The summed E-state index contributed by atoms with van der Waals surface area (Å²) in [6, 6.07) is 32.7. The maximum Gasteiger partial charge on any atom is 0.187 e. The zero-order valence-electron chi connectivity index (χ0n) is 22.1. The van der Waals surface area contributed by atoms with Crippen LogP contribution < -0.4 is 28.3 Å². The van der Waals surface area contributed by atoms with Gasteiger partial charge in [-0.2, -0.15) is 0 Å². The lowest BCUT2D eigenvalue weighted by Crippen LogP contribution is -3.00. The Morgan fingerprint density at radius 3 is 1.76 bits per heavy atom. The molecule has 1 N–H and O–H groups in total. The maximum atomic E-state index is 12.4. The van der Waals surface area contributed by atoms with E-state index in [4.69, 9.17) is 0 Å². The van der Waals surface area contributed by atoms with Crippen molar-refractivity contribution in [3.05, 3.63) is 126 Å². The highest BCUT2D eigenvalue weighted by Crippen LogP contribution is 2.55. The van der Waals surface area contributed by atoms with Crippen molar-refractivity contribution >= 4 is 29.0 Å². The summed E-state index contributed by atoms with van der Waals surface area (Å²) in [5, 5.41) is 14.3. The van der Waals surface area contributed by atoms with Gasteiger partial charge in [0, 0.05) is 0 Å². The Bertz CT molecular complexity index is 1200. The summed E-state index contributed by atoms with van der Waals surface area (Å²) in [6.45, 7) is 8.17. The van der Waals surface area contributed by atoms with Crippen LogP contribution in [0.5, 0.6) is 0 Å². The molecular weight excluding hydrogens is 495 g/mol. The van der Waals surface area contributed by atoms with Crippen LogP contribution in [-0.2, 0) is 4.79 Å². The van der Waals surface area contributed by atoms with Gasteiger partial charge in [0.2, 0.25) is 0 Å². The van der Waals surface area contributed by atoms with E-state index in [-0.39, 0.29) is 23.6 Å². The molecule has 0 aliphatic heterocycles. The van der Waals surface area contributed by atoms with E-state index in [1.54, 1.807) is 0 Å². The van der Waals surface area contributed by atoms with E-state index < -0.39 is 13.4 Å². The fourth-order valence-corrected chi connectivity index (χ4v) is 9.43. The number of rotatable bonds is 7. The van der Waals surface area contributed by atoms with Gasteiger partial charge in [0.15, 0.2) is 5.78 Å². The number of allylic oxidation sites excluding steroid dienone is 5. The van der Waals surface area contributed by atoms with Gasteiger partial charge >= 0.3 is 0 Å². The molecule has 4 heteroatoms. The first kappa shape index (κ1) is 28.8. The molecular formula is C33H36ClO2P. The summed E-state index contributed by atoms with van der Waals surface area (Å²) in [5.74, 6) is -0.155. The Morgan fingerprint density at radius 1 is 0.892 bits per heavy atom. The molecule has 0 heterocycles. The minimum Gasteiger partial charge on any atom is -1.00 e. The number of hydrogen-bond donors (Lipinski definition) is 1. The zero-order chi connectivity index (χ0) is 25.8. The number of carbonyl (C=O) groups is 1. The van der Waals surface area contributed by atoms with Crippen molar-refractivity contribution in [3.8, 4) is 0 Å². The molecule has 3 aromatic carbocycles. The molecule has 0 saturated heterocycles. The summed E-state index contributed by atoms with van der Waals surface area (Å²) in [6.07, 6.45) is 7.01. The fourth-order valence-electron chi connectivity index (χ4n) is 5.30. The normalized spacial score (nSPS) is 18.1. The molecule has 4 rings (SSSR count). The highest BCUT2D eigenvalue weighted by molar-refractivity contribution is 7.95. The van der Waals surface area contributed by atoms with Crippen LogP contribution in [0.15, 0.2) is 126 Å². The summed E-state index contributed by atoms with van der Waals surface area (Å²) in [5.41, 5.74) is 2.60. The number of benzene rings is 3. The van der Waals surface area contributed by atoms with E-state index in [2.05, 4.69) is 130 Å². The Hall–Kier alpha value is -2.77. The summed E-state index contributed by atoms with van der Waals surface area (Å²) in [4.78, 5) is 12.4. The second-order valence-electron chi connectivity index (χ2n) is 10.3. The molecule has 3 aromatic rings. The first-order chi connectivity index (χ1) is 17.3. The van der Waals surface area contributed by atoms with Crippen LogP contribution in [-0.4, -0.2) is 23.2 Å². The standard InChI is InChI=1S/C33H36O2P.ClH/c1-25(20-21-30-26(2)32(35)31(34)24-33(30,3)4)22-23-36(27-14-8-5-9-15-27,28-16-10-6-11-17-28)29-18-12-7-13-19-29;/h5-22,31,34H,23-24H2,1-4H3;1H/q+1;/p-1/b21-20+,25-22?;. The van der Waals surface area contributed by atoms with Gasteiger partial charge in [-0.3, -0.25) is 4.79 Å². The van der Waals surface area contributed by atoms with Crippen LogP contribution in [0.25, 0.3) is 0 Å². The molecule has 1 atom stereocenters. The van der Waals surface area contributed by atoms with Gasteiger partial charge in [-0.15, -0.1) is 0 Å². The largest absolute Gasteiger partial charge is 1.00 e. The highest BCUT2D eigenvalue weighted by Gasteiger charge is 2.44. The van der Waals surface area contributed by atoms with Crippen LogP contribution in [0.2, 0.25) is 0 Å². The predicted octanol–water partition coefficient (Wildman–Crippen LogP) is 3.16. The molecule has 1 unspecified atom stereocenters. The molecule has 2 nitrogen and oxygen atoms in total. The molecule has 0 spiro atoms. The van der Waals surface area contributed by atoms with Crippen LogP contribution in [0, 0.1) is 5.41 Å². The maximum absolute atomic E-state index is 12.4. The van der Waals surface area contributed by atoms with Crippen molar-refractivity contribution in [2.45, 2.75) is 40.2 Å². The van der Waals surface area contributed by atoms with Crippen molar-refractivity contribution in [3.63, 3.8) is 0 Å². The summed E-state index contributed by atoms with van der Waals surface area (Å²) >= 11 is 0. The lowest BCUT2D eigenvalue weighted by Gasteiger charge is -2.34. The van der Waals surface area contributed by atoms with E-state index in [1.807, 2.05) is 6.92 Å². The van der Waals surface area contributed by atoms with E-state index in [1.165, 1.54) is 15.9 Å². The van der Waals surface area contributed by atoms with Gasteiger partial charge in [0.1, 0.15) is 29.3 Å². The Labute approximate surface area is 228 Å². The second kappa shape index (κ2) is 12.2. The molecule has 0 fully saturated rings. The SMILES string of the molecule is CC(=CC[P+](c1ccccc1)(c1ccccc1)c1ccccc1)/C=C/C1=C(C)C(=O)C(O)CC1(C)C.[Cl-]. The van der Waals surface area contributed by atoms with Crippen LogP contribution in [0.1, 0.15) is 34.1 Å². The van der Waals surface area contributed by atoms with Gasteiger partial charge in [-0.25, -0.2) is 0 Å². The number of halogens is 1. The summed E-state index contributed by atoms with van der Waals surface area (Å²) in [7, 11) is -1.93. The Balaban J connectivity index is 0.00000380.